The van der Waals surface area contributed by atoms with Crippen LogP contribution in [-0.4, -0.2) is 72.8 Å². The summed E-state index contributed by atoms with van der Waals surface area (Å²) in [6.07, 6.45) is 0. The number of hydrogen-bond acceptors (Lipinski definition) is 4. The summed E-state index contributed by atoms with van der Waals surface area (Å²) in [5, 5.41) is 3.30. The zero-order valence-electron chi connectivity index (χ0n) is 14.7. The first-order valence-corrected chi connectivity index (χ1v) is 8.55. The van der Waals surface area contributed by atoms with Gasteiger partial charge in [-0.2, -0.15) is 0 Å². The van der Waals surface area contributed by atoms with Crippen LogP contribution in [0, 0.1) is 0 Å². The number of rotatable bonds is 3. The van der Waals surface area contributed by atoms with E-state index in [9.17, 15) is 9.59 Å². The SMILES string of the molecule is CC(C(=O)N1CCN(C(=O)c2cccc3c2CNC3)CC1)N(C)C. The van der Waals surface area contributed by atoms with Gasteiger partial charge in [-0.05, 0) is 38.2 Å². The summed E-state index contributed by atoms with van der Waals surface area (Å²) in [4.78, 5) is 30.9. The van der Waals surface area contributed by atoms with E-state index in [0.717, 1.165) is 24.2 Å². The predicted molar refractivity (Wildman–Crippen MR) is 92.6 cm³/mol. The van der Waals surface area contributed by atoms with Gasteiger partial charge in [0.05, 0.1) is 6.04 Å². The molecule has 130 valence electrons. The lowest BCUT2D eigenvalue weighted by molar-refractivity contribution is -0.137. The van der Waals surface area contributed by atoms with E-state index in [4.69, 9.17) is 0 Å². The van der Waals surface area contributed by atoms with Crippen molar-refractivity contribution < 1.29 is 9.59 Å². The van der Waals surface area contributed by atoms with Crippen molar-refractivity contribution >= 4 is 11.8 Å². The third-order valence-electron chi connectivity index (χ3n) is 5.13. The molecule has 3 rings (SSSR count). The van der Waals surface area contributed by atoms with Crippen molar-refractivity contribution in [2.45, 2.75) is 26.1 Å². The van der Waals surface area contributed by atoms with E-state index < -0.39 is 0 Å². The Hall–Kier alpha value is -1.92. The second-order valence-electron chi connectivity index (χ2n) is 6.80. The molecule has 6 heteroatoms. The Balaban J connectivity index is 1.64. The molecule has 1 aromatic carbocycles. The topological polar surface area (TPSA) is 55.9 Å². The number of nitrogens with one attached hydrogen (secondary N) is 1. The van der Waals surface area contributed by atoms with Gasteiger partial charge in [-0.1, -0.05) is 12.1 Å². The average Bonchev–Trinajstić information content (AvgIpc) is 3.08. The molecule has 2 amide bonds. The molecule has 1 atom stereocenters. The Morgan fingerprint density at radius 2 is 1.75 bits per heavy atom. The molecule has 2 aliphatic heterocycles. The highest BCUT2D eigenvalue weighted by Crippen LogP contribution is 2.22. The van der Waals surface area contributed by atoms with Crippen LogP contribution < -0.4 is 5.32 Å². The minimum Gasteiger partial charge on any atom is -0.338 e. The molecule has 2 aliphatic rings. The Bertz CT molecular complexity index is 636. The summed E-state index contributed by atoms with van der Waals surface area (Å²) in [7, 11) is 3.82. The number of amides is 2. The van der Waals surface area contributed by atoms with Crippen LogP contribution in [0.1, 0.15) is 28.4 Å². The lowest BCUT2D eigenvalue weighted by Crippen LogP contribution is -2.54. The molecule has 1 saturated heterocycles. The van der Waals surface area contributed by atoms with Crippen molar-refractivity contribution in [3.05, 3.63) is 34.9 Å². The normalized spacial score (nSPS) is 18.7. The van der Waals surface area contributed by atoms with E-state index in [2.05, 4.69) is 11.4 Å². The molecule has 1 fully saturated rings. The number of likely N-dealkylation sites (N-methyl/N-ethyl adjacent to an activating group) is 1. The van der Waals surface area contributed by atoms with E-state index >= 15 is 0 Å². The molecular weight excluding hydrogens is 304 g/mol. The third-order valence-corrected chi connectivity index (χ3v) is 5.13. The minimum atomic E-state index is -0.129. The van der Waals surface area contributed by atoms with Gasteiger partial charge >= 0.3 is 0 Å². The van der Waals surface area contributed by atoms with Crippen molar-refractivity contribution in [2.75, 3.05) is 40.3 Å². The van der Waals surface area contributed by atoms with Gasteiger partial charge in [0.25, 0.3) is 5.91 Å². The molecule has 1 unspecified atom stereocenters. The first kappa shape index (κ1) is 16.9. The number of carbonyl (C=O) groups excluding carboxylic acids is 2. The summed E-state index contributed by atoms with van der Waals surface area (Å²) >= 11 is 0. The van der Waals surface area contributed by atoms with Gasteiger partial charge in [0, 0.05) is 44.8 Å². The van der Waals surface area contributed by atoms with E-state index in [1.54, 1.807) is 0 Å². The number of benzene rings is 1. The number of carbonyl (C=O) groups is 2. The van der Waals surface area contributed by atoms with Crippen LogP contribution in [0.25, 0.3) is 0 Å². The largest absolute Gasteiger partial charge is 0.338 e. The standard InChI is InChI=1S/C18H26N4O2/c1-13(20(2)3)17(23)21-7-9-22(10-8-21)18(24)15-6-4-5-14-11-19-12-16(14)15/h4-6,13,19H,7-12H2,1-3H3. The Labute approximate surface area is 143 Å². The average molecular weight is 330 g/mol. The molecule has 0 radical (unpaired) electrons. The van der Waals surface area contributed by atoms with Gasteiger partial charge in [0.1, 0.15) is 0 Å². The summed E-state index contributed by atoms with van der Waals surface area (Å²) in [6, 6.07) is 5.82. The van der Waals surface area contributed by atoms with Crippen LogP contribution in [0.5, 0.6) is 0 Å². The second-order valence-corrected chi connectivity index (χ2v) is 6.80. The van der Waals surface area contributed by atoms with Gasteiger partial charge in [0.2, 0.25) is 5.91 Å². The molecule has 0 saturated carbocycles. The van der Waals surface area contributed by atoms with Crippen LogP contribution in [0.15, 0.2) is 18.2 Å². The highest BCUT2D eigenvalue weighted by atomic mass is 16.2. The van der Waals surface area contributed by atoms with Crippen LogP contribution >= 0.6 is 0 Å². The van der Waals surface area contributed by atoms with Crippen molar-refractivity contribution in [3.63, 3.8) is 0 Å². The van der Waals surface area contributed by atoms with Gasteiger partial charge in [-0.3, -0.25) is 14.5 Å². The molecular formula is C18H26N4O2. The Morgan fingerprint density at radius 1 is 1.08 bits per heavy atom. The van der Waals surface area contributed by atoms with Gasteiger partial charge < -0.3 is 15.1 Å². The van der Waals surface area contributed by atoms with E-state index in [1.807, 2.05) is 47.9 Å². The lowest BCUT2D eigenvalue weighted by atomic mass is 10.0. The molecule has 0 aliphatic carbocycles. The van der Waals surface area contributed by atoms with Crippen molar-refractivity contribution in [1.29, 1.82) is 0 Å². The third kappa shape index (κ3) is 3.16. The first-order chi connectivity index (χ1) is 11.5. The van der Waals surface area contributed by atoms with Crippen LogP contribution in [0.4, 0.5) is 0 Å². The van der Waals surface area contributed by atoms with Crippen LogP contribution in [0.2, 0.25) is 0 Å². The lowest BCUT2D eigenvalue weighted by Gasteiger charge is -2.37. The monoisotopic (exact) mass is 330 g/mol. The van der Waals surface area contributed by atoms with E-state index in [1.165, 1.54) is 5.56 Å². The predicted octanol–water partition coefficient (Wildman–Crippen LogP) is 0.524. The maximum absolute atomic E-state index is 12.9. The van der Waals surface area contributed by atoms with Gasteiger partial charge in [-0.25, -0.2) is 0 Å². The maximum atomic E-state index is 12.9. The fraction of sp³-hybridized carbons (Fsp3) is 0.556. The Morgan fingerprint density at radius 3 is 2.42 bits per heavy atom. The number of nitrogens with zero attached hydrogens (tertiary/aromatic N) is 3. The smallest absolute Gasteiger partial charge is 0.254 e. The Kier molecular flexibility index (Phi) is 4.87. The van der Waals surface area contributed by atoms with Crippen molar-refractivity contribution in [3.8, 4) is 0 Å². The number of piperazine rings is 1. The number of hydrogen-bond donors (Lipinski definition) is 1. The number of fused-ring (bicyclic) bond motifs is 1. The molecule has 6 nitrogen and oxygen atoms in total. The quantitative estimate of drug-likeness (QED) is 0.878. The molecule has 0 spiro atoms. The first-order valence-electron chi connectivity index (χ1n) is 8.55. The van der Waals surface area contributed by atoms with E-state index in [-0.39, 0.29) is 17.9 Å². The van der Waals surface area contributed by atoms with Crippen LogP contribution in [0.3, 0.4) is 0 Å². The summed E-state index contributed by atoms with van der Waals surface area (Å²) in [5.41, 5.74) is 3.15. The highest BCUT2D eigenvalue weighted by Gasteiger charge is 2.29. The molecule has 24 heavy (non-hydrogen) atoms. The highest BCUT2D eigenvalue weighted by molar-refractivity contribution is 5.96. The minimum absolute atomic E-state index is 0.0864. The second kappa shape index (κ2) is 6.91. The molecule has 1 aromatic rings. The zero-order chi connectivity index (χ0) is 17.3. The van der Waals surface area contributed by atoms with Crippen LogP contribution in [-0.2, 0) is 17.9 Å². The van der Waals surface area contributed by atoms with E-state index in [0.29, 0.717) is 26.2 Å². The van der Waals surface area contributed by atoms with Gasteiger partial charge in [-0.15, -0.1) is 0 Å². The fourth-order valence-electron chi connectivity index (χ4n) is 3.32. The zero-order valence-corrected chi connectivity index (χ0v) is 14.7. The summed E-state index contributed by atoms with van der Waals surface area (Å²) < 4.78 is 0. The summed E-state index contributed by atoms with van der Waals surface area (Å²) in [6.45, 7) is 5.92. The fourth-order valence-corrected chi connectivity index (χ4v) is 3.32. The van der Waals surface area contributed by atoms with Crippen molar-refractivity contribution in [2.24, 2.45) is 0 Å². The molecule has 0 aromatic heterocycles. The molecule has 0 bridgehead atoms. The molecule has 2 heterocycles. The van der Waals surface area contributed by atoms with Crippen molar-refractivity contribution in [1.82, 2.24) is 20.0 Å². The van der Waals surface area contributed by atoms with Gasteiger partial charge in [0.15, 0.2) is 0 Å². The summed E-state index contributed by atoms with van der Waals surface area (Å²) in [5.74, 6) is 0.222. The maximum Gasteiger partial charge on any atom is 0.254 e. The molecule has 1 N–H and O–H groups in total.